The Morgan fingerprint density at radius 2 is 2.22 bits per heavy atom. The van der Waals surface area contributed by atoms with E-state index in [0.29, 0.717) is 12.8 Å². The Kier molecular flexibility index (Phi) is 4.10. The fourth-order valence-electron chi connectivity index (χ4n) is 2.13. The number of hydrogen-bond donors (Lipinski definition) is 2. The standard InChI is InChI=1S/C14H18N2O2/c1-15-8-2-3-13(17)11-4-6-12-10(9-11)5-7-14(18)16-12/h4,6,9,15H,2-3,5,7-8H2,1H3,(H,16,18). The van der Waals surface area contributed by atoms with Crippen molar-refractivity contribution >= 4 is 17.4 Å². The first-order chi connectivity index (χ1) is 8.70. The molecular weight excluding hydrogens is 228 g/mol. The van der Waals surface area contributed by atoms with Crippen molar-refractivity contribution in [3.8, 4) is 0 Å². The summed E-state index contributed by atoms with van der Waals surface area (Å²) in [6.45, 7) is 0.854. The van der Waals surface area contributed by atoms with E-state index in [1.165, 1.54) is 0 Å². The zero-order chi connectivity index (χ0) is 13.0. The van der Waals surface area contributed by atoms with Gasteiger partial charge in [-0.05, 0) is 50.2 Å². The van der Waals surface area contributed by atoms with E-state index < -0.39 is 0 Å². The molecule has 18 heavy (non-hydrogen) atoms. The highest BCUT2D eigenvalue weighted by molar-refractivity contribution is 5.98. The quantitative estimate of drug-likeness (QED) is 0.614. The molecule has 1 aromatic rings. The maximum atomic E-state index is 12.0. The molecule has 1 heterocycles. The van der Waals surface area contributed by atoms with E-state index in [0.717, 1.165) is 36.2 Å². The molecule has 0 atom stereocenters. The molecule has 0 radical (unpaired) electrons. The molecule has 0 bridgehead atoms. The second-order valence-corrected chi connectivity index (χ2v) is 4.55. The van der Waals surface area contributed by atoms with E-state index in [2.05, 4.69) is 10.6 Å². The minimum absolute atomic E-state index is 0.0515. The summed E-state index contributed by atoms with van der Waals surface area (Å²) >= 11 is 0. The second-order valence-electron chi connectivity index (χ2n) is 4.55. The Hall–Kier alpha value is -1.68. The van der Waals surface area contributed by atoms with Crippen LogP contribution in [0.5, 0.6) is 0 Å². The lowest BCUT2D eigenvalue weighted by Gasteiger charge is -2.17. The number of fused-ring (bicyclic) bond motifs is 1. The van der Waals surface area contributed by atoms with Gasteiger partial charge >= 0.3 is 0 Å². The zero-order valence-corrected chi connectivity index (χ0v) is 10.6. The lowest BCUT2D eigenvalue weighted by atomic mass is 9.97. The Bertz CT molecular complexity index is 469. The molecule has 0 spiro atoms. The smallest absolute Gasteiger partial charge is 0.224 e. The third kappa shape index (κ3) is 2.96. The maximum absolute atomic E-state index is 12.0. The van der Waals surface area contributed by atoms with E-state index in [1.54, 1.807) is 6.07 Å². The monoisotopic (exact) mass is 246 g/mol. The third-order valence-corrected chi connectivity index (χ3v) is 3.15. The normalized spacial score (nSPS) is 13.9. The molecule has 0 saturated carbocycles. The maximum Gasteiger partial charge on any atom is 0.224 e. The van der Waals surface area contributed by atoms with E-state index in [4.69, 9.17) is 0 Å². The predicted molar refractivity (Wildman–Crippen MR) is 70.9 cm³/mol. The molecule has 1 aliphatic rings. The summed E-state index contributed by atoms with van der Waals surface area (Å²) in [6.07, 6.45) is 2.64. The van der Waals surface area contributed by atoms with Crippen molar-refractivity contribution in [3.63, 3.8) is 0 Å². The Morgan fingerprint density at radius 3 is 3.00 bits per heavy atom. The van der Waals surface area contributed by atoms with Gasteiger partial charge in [0.05, 0.1) is 0 Å². The van der Waals surface area contributed by atoms with Gasteiger partial charge in [-0.25, -0.2) is 0 Å². The molecule has 1 amide bonds. The van der Waals surface area contributed by atoms with Gasteiger partial charge in [-0.1, -0.05) is 0 Å². The van der Waals surface area contributed by atoms with Crippen LogP contribution in [0.2, 0.25) is 0 Å². The number of hydrogen-bond acceptors (Lipinski definition) is 3. The fraction of sp³-hybridized carbons (Fsp3) is 0.429. The summed E-state index contributed by atoms with van der Waals surface area (Å²) in [4.78, 5) is 23.2. The van der Waals surface area contributed by atoms with Gasteiger partial charge in [-0.2, -0.15) is 0 Å². The molecule has 1 aliphatic heterocycles. The van der Waals surface area contributed by atoms with Crippen molar-refractivity contribution in [2.24, 2.45) is 0 Å². The van der Waals surface area contributed by atoms with Crippen LogP contribution in [-0.2, 0) is 11.2 Å². The van der Waals surface area contributed by atoms with Gasteiger partial charge < -0.3 is 10.6 Å². The predicted octanol–water partition coefficient (Wildman–Crippen LogP) is 1.75. The first kappa shape index (κ1) is 12.8. The van der Waals surface area contributed by atoms with Crippen LogP contribution in [0.15, 0.2) is 18.2 Å². The molecule has 0 fully saturated rings. The lowest BCUT2D eigenvalue weighted by Crippen LogP contribution is -2.19. The number of aryl methyl sites for hydroxylation is 1. The number of ketones is 1. The highest BCUT2D eigenvalue weighted by Crippen LogP contribution is 2.24. The van der Waals surface area contributed by atoms with Crippen molar-refractivity contribution in [1.29, 1.82) is 0 Å². The van der Waals surface area contributed by atoms with Crippen LogP contribution < -0.4 is 10.6 Å². The molecule has 2 N–H and O–H groups in total. The van der Waals surface area contributed by atoms with Gasteiger partial charge in [0.1, 0.15) is 0 Å². The number of rotatable bonds is 5. The van der Waals surface area contributed by atoms with Crippen molar-refractivity contribution in [2.75, 3.05) is 18.9 Å². The van der Waals surface area contributed by atoms with E-state index >= 15 is 0 Å². The number of nitrogens with one attached hydrogen (secondary N) is 2. The summed E-state index contributed by atoms with van der Waals surface area (Å²) in [5, 5.41) is 5.85. The number of amides is 1. The Labute approximate surface area is 107 Å². The summed E-state index contributed by atoms with van der Waals surface area (Å²) in [5.74, 6) is 0.223. The van der Waals surface area contributed by atoms with Crippen molar-refractivity contribution in [1.82, 2.24) is 5.32 Å². The average molecular weight is 246 g/mol. The summed E-state index contributed by atoms with van der Waals surface area (Å²) in [7, 11) is 1.88. The van der Waals surface area contributed by atoms with Crippen LogP contribution >= 0.6 is 0 Å². The van der Waals surface area contributed by atoms with E-state index in [9.17, 15) is 9.59 Å². The van der Waals surface area contributed by atoms with Crippen LogP contribution in [0.1, 0.15) is 35.2 Å². The van der Waals surface area contributed by atoms with Gasteiger partial charge in [-0.15, -0.1) is 0 Å². The number of benzene rings is 1. The number of carbonyl (C=O) groups excluding carboxylic acids is 2. The Morgan fingerprint density at radius 1 is 1.39 bits per heavy atom. The minimum Gasteiger partial charge on any atom is -0.326 e. The van der Waals surface area contributed by atoms with Gasteiger partial charge in [0.2, 0.25) is 5.91 Å². The zero-order valence-electron chi connectivity index (χ0n) is 10.6. The van der Waals surface area contributed by atoms with Crippen LogP contribution in [-0.4, -0.2) is 25.3 Å². The van der Waals surface area contributed by atoms with Crippen molar-refractivity contribution in [2.45, 2.75) is 25.7 Å². The van der Waals surface area contributed by atoms with Gasteiger partial charge in [0.25, 0.3) is 0 Å². The van der Waals surface area contributed by atoms with Crippen LogP contribution in [0.3, 0.4) is 0 Å². The van der Waals surface area contributed by atoms with Gasteiger partial charge in [0, 0.05) is 24.1 Å². The summed E-state index contributed by atoms with van der Waals surface area (Å²) < 4.78 is 0. The first-order valence-electron chi connectivity index (χ1n) is 6.31. The molecule has 0 aliphatic carbocycles. The number of Topliss-reactive ketones (excluding diaryl/α,β-unsaturated/α-hetero) is 1. The van der Waals surface area contributed by atoms with Crippen LogP contribution in [0, 0.1) is 0 Å². The van der Waals surface area contributed by atoms with E-state index in [-0.39, 0.29) is 11.7 Å². The SMILES string of the molecule is CNCCCC(=O)c1ccc2c(c1)CCC(=O)N2. The highest BCUT2D eigenvalue weighted by atomic mass is 16.1. The molecule has 0 aromatic heterocycles. The van der Waals surface area contributed by atoms with Gasteiger partial charge in [-0.3, -0.25) is 9.59 Å². The molecule has 4 nitrogen and oxygen atoms in total. The minimum atomic E-state index is 0.0515. The third-order valence-electron chi connectivity index (χ3n) is 3.15. The van der Waals surface area contributed by atoms with Gasteiger partial charge in [0.15, 0.2) is 5.78 Å². The van der Waals surface area contributed by atoms with Crippen molar-refractivity contribution in [3.05, 3.63) is 29.3 Å². The molecule has 1 aromatic carbocycles. The molecule has 2 rings (SSSR count). The fourth-order valence-corrected chi connectivity index (χ4v) is 2.13. The van der Waals surface area contributed by atoms with Crippen LogP contribution in [0.4, 0.5) is 5.69 Å². The lowest BCUT2D eigenvalue weighted by molar-refractivity contribution is -0.116. The number of carbonyl (C=O) groups is 2. The molecule has 4 heteroatoms. The average Bonchev–Trinajstić information content (AvgIpc) is 2.38. The van der Waals surface area contributed by atoms with E-state index in [1.807, 2.05) is 19.2 Å². The Balaban J connectivity index is 2.06. The first-order valence-corrected chi connectivity index (χ1v) is 6.31. The molecular formula is C14H18N2O2. The molecule has 0 saturated heterocycles. The number of anilines is 1. The highest BCUT2D eigenvalue weighted by Gasteiger charge is 2.16. The summed E-state index contributed by atoms with van der Waals surface area (Å²) in [5.41, 5.74) is 2.66. The summed E-state index contributed by atoms with van der Waals surface area (Å²) in [6, 6.07) is 5.54. The van der Waals surface area contributed by atoms with Crippen molar-refractivity contribution < 1.29 is 9.59 Å². The molecule has 0 unspecified atom stereocenters. The topological polar surface area (TPSA) is 58.2 Å². The largest absolute Gasteiger partial charge is 0.326 e. The van der Waals surface area contributed by atoms with Crippen LogP contribution in [0.25, 0.3) is 0 Å². The second kappa shape index (κ2) is 5.78. The molecule has 96 valence electrons.